The highest BCUT2D eigenvalue weighted by Crippen LogP contribution is 2.28. The van der Waals surface area contributed by atoms with Crippen molar-refractivity contribution < 1.29 is 14.0 Å². The Hall–Kier alpha value is -3.01. The first kappa shape index (κ1) is 24.6. The molecule has 0 unspecified atom stereocenters. The zero-order valence-corrected chi connectivity index (χ0v) is 19.6. The van der Waals surface area contributed by atoms with E-state index in [1.54, 1.807) is 0 Å². The second-order valence-electron chi connectivity index (χ2n) is 7.05. The molecule has 0 saturated carbocycles. The molecule has 0 spiro atoms. The van der Waals surface area contributed by atoms with Gasteiger partial charge in [-0.2, -0.15) is 0 Å². The Kier molecular flexibility index (Phi) is 8.37. The van der Waals surface area contributed by atoms with E-state index >= 15 is 0 Å². The molecule has 3 N–H and O–H groups in total. The lowest BCUT2D eigenvalue weighted by molar-refractivity contribution is 0.102. The highest BCUT2D eigenvalue weighted by Gasteiger charge is 2.22. The van der Waals surface area contributed by atoms with E-state index in [0.29, 0.717) is 18.2 Å². The molecule has 0 radical (unpaired) electrons. The quantitative estimate of drug-likeness (QED) is 0.284. The van der Waals surface area contributed by atoms with Crippen molar-refractivity contribution >= 4 is 46.5 Å². The van der Waals surface area contributed by atoms with E-state index in [2.05, 4.69) is 44.3 Å². The minimum absolute atomic E-state index is 0.0622. The number of nitrogens with zero attached hydrogens (tertiary/aromatic N) is 3. The number of likely N-dealkylation sites (N-methyl/N-ethyl adjacent to an activating group) is 1. The van der Waals surface area contributed by atoms with Gasteiger partial charge in [-0.25, -0.2) is 14.4 Å². The normalized spacial score (nSPS) is 11.0. The Morgan fingerprint density at radius 1 is 1.12 bits per heavy atom. The summed E-state index contributed by atoms with van der Waals surface area (Å²) in [6, 6.07) is 3.90. The van der Waals surface area contributed by atoms with Gasteiger partial charge in [0.25, 0.3) is 5.91 Å². The lowest BCUT2D eigenvalue weighted by Crippen LogP contribution is -2.28. The fourth-order valence-corrected chi connectivity index (χ4v) is 3.47. The fourth-order valence-electron chi connectivity index (χ4n) is 3.08. The van der Waals surface area contributed by atoms with Crippen LogP contribution in [0.15, 0.2) is 36.8 Å². The van der Waals surface area contributed by atoms with Crippen LogP contribution in [0.3, 0.4) is 0 Å². The average Bonchev–Trinajstić information content (AvgIpc) is 3.31. The molecule has 0 aliphatic carbocycles. The van der Waals surface area contributed by atoms with Crippen molar-refractivity contribution in [1.82, 2.24) is 19.9 Å². The van der Waals surface area contributed by atoms with Gasteiger partial charge in [-0.1, -0.05) is 37.0 Å². The molecular weight excluding hydrogens is 470 g/mol. The number of rotatable bonds is 10. The molecule has 0 aliphatic rings. The zero-order valence-electron chi connectivity index (χ0n) is 18.1. The van der Waals surface area contributed by atoms with Gasteiger partial charge in [-0.05, 0) is 31.3 Å². The van der Waals surface area contributed by atoms with E-state index < -0.39 is 17.5 Å². The van der Waals surface area contributed by atoms with Crippen LogP contribution in [-0.4, -0.2) is 57.7 Å². The predicted molar refractivity (Wildman–Crippen MR) is 127 cm³/mol. The summed E-state index contributed by atoms with van der Waals surface area (Å²) in [5.74, 6) is -1.67. The van der Waals surface area contributed by atoms with Crippen LogP contribution >= 0.6 is 23.2 Å². The predicted octanol–water partition coefficient (Wildman–Crippen LogP) is 4.49. The van der Waals surface area contributed by atoms with Crippen LogP contribution in [-0.2, 0) is 0 Å². The maximum absolute atomic E-state index is 14.3. The number of halogens is 3. The highest BCUT2D eigenvalue weighted by atomic mass is 35.5. The van der Waals surface area contributed by atoms with E-state index in [4.69, 9.17) is 23.2 Å². The largest absolute Gasteiger partial charge is 0.356 e. The minimum atomic E-state index is -0.913. The number of benzene rings is 1. The van der Waals surface area contributed by atoms with E-state index in [9.17, 15) is 14.0 Å². The molecule has 8 nitrogen and oxygen atoms in total. The third kappa shape index (κ3) is 6.07. The number of carbonyl (C=O) groups is 2. The van der Waals surface area contributed by atoms with Crippen LogP contribution in [0.4, 0.5) is 16.0 Å². The third-order valence-corrected chi connectivity index (χ3v) is 5.58. The first-order chi connectivity index (χ1) is 15.8. The molecule has 0 saturated heterocycles. The van der Waals surface area contributed by atoms with E-state index in [1.807, 2.05) is 0 Å². The molecule has 1 amide bonds. The summed E-state index contributed by atoms with van der Waals surface area (Å²) in [5.41, 5.74) is 0.179. The van der Waals surface area contributed by atoms with Gasteiger partial charge in [-0.3, -0.25) is 9.59 Å². The molecule has 0 atom stereocenters. The molecule has 2 heterocycles. The summed E-state index contributed by atoms with van der Waals surface area (Å²) in [6.07, 6.45) is 4.24. The van der Waals surface area contributed by atoms with Crippen molar-refractivity contribution in [2.24, 2.45) is 0 Å². The van der Waals surface area contributed by atoms with Crippen LogP contribution < -0.4 is 10.6 Å². The lowest BCUT2D eigenvalue weighted by Gasteiger charge is -2.17. The third-order valence-electron chi connectivity index (χ3n) is 4.98. The van der Waals surface area contributed by atoms with Crippen molar-refractivity contribution in [3.8, 4) is 0 Å². The summed E-state index contributed by atoms with van der Waals surface area (Å²) in [7, 11) is 0. The van der Waals surface area contributed by atoms with Gasteiger partial charge in [0.05, 0.1) is 33.7 Å². The molecule has 0 fully saturated rings. The van der Waals surface area contributed by atoms with Crippen LogP contribution in [0.1, 0.15) is 40.3 Å². The van der Waals surface area contributed by atoms with Crippen molar-refractivity contribution in [2.75, 3.05) is 36.8 Å². The topological polar surface area (TPSA) is 103 Å². The van der Waals surface area contributed by atoms with Crippen molar-refractivity contribution in [2.45, 2.75) is 13.8 Å². The van der Waals surface area contributed by atoms with Gasteiger partial charge in [-0.15, -0.1) is 0 Å². The van der Waals surface area contributed by atoms with Gasteiger partial charge in [0.15, 0.2) is 11.6 Å². The Morgan fingerprint density at radius 2 is 1.79 bits per heavy atom. The van der Waals surface area contributed by atoms with Crippen molar-refractivity contribution in [3.05, 3.63) is 69.5 Å². The highest BCUT2D eigenvalue weighted by molar-refractivity contribution is 6.37. The van der Waals surface area contributed by atoms with Crippen LogP contribution in [0.25, 0.3) is 0 Å². The molecule has 33 heavy (non-hydrogen) atoms. The molecule has 11 heteroatoms. The first-order valence-electron chi connectivity index (χ1n) is 10.3. The Morgan fingerprint density at radius 3 is 2.45 bits per heavy atom. The van der Waals surface area contributed by atoms with E-state index in [-0.39, 0.29) is 26.9 Å². The average molecular weight is 493 g/mol. The molecular formula is C22H23Cl2FN6O2. The van der Waals surface area contributed by atoms with Crippen molar-refractivity contribution in [3.63, 3.8) is 0 Å². The Bertz CT molecular complexity index is 1130. The minimum Gasteiger partial charge on any atom is -0.356 e. The molecule has 2 aromatic heterocycles. The molecule has 3 aromatic rings. The van der Waals surface area contributed by atoms with Crippen LogP contribution in [0, 0.1) is 5.82 Å². The van der Waals surface area contributed by atoms with Gasteiger partial charge in [0.2, 0.25) is 5.95 Å². The van der Waals surface area contributed by atoms with Crippen LogP contribution in [0.5, 0.6) is 0 Å². The number of hydrogen-bond acceptors (Lipinski definition) is 6. The number of nitrogens with one attached hydrogen (secondary N) is 3. The fraction of sp³-hybridized carbons (Fsp3) is 0.273. The second-order valence-corrected chi connectivity index (χ2v) is 7.87. The first-order valence-corrected chi connectivity index (χ1v) is 11.1. The number of hydrogen-bond donors (Lipinski definition) is 3. The molecule has 174 valence electrons. The zero-order chi connectivity index (χ0) is 24.0. The number of anilines is 2. The summed E-state index contributed by atoms with van der Waals surface area (Å²) in [4.78, 5) is 38.5. The van der Waals surface area contributed by atoms with Crippen LogP contribution in [0.2, 0.25) is 10.0 Å². The summed E-state index contributed by atoms with van der Waals surface area (Å²) in [5, 5.41) is 5.48. The summed E-state index contributed by atoms with van der Waals surface area (Å²) < 4.78 is 14.3. The smallest absolute Gasteiger partial charge is 0.272 e. The second kappa shape index (κ2) is 11.2. The molecule has 1 aromatic carbocycles. The maximum atomic E-state index is 14.3. The summed E-state index contributed by atoms with van der Waals surface area (Å²) >= 11 is 11.7. The van der Waals surface area contributed by atoms with E-state index in [1.165, 1.54) is 36.8 Å². The van der Waals surface area contributed by atoms with Gasteiger partial charge < -0.3 is 20.5 Å². The van der Waals surface area contributed by atoms with Crippen molar-refractivity contribution in [1.29, 1.82) is 0 Å². The van der Waals surface area contributed by atoms with Gasteiger partial charge in [0, 0.05) is 24.8 Å². The summed E-state index contributed by atoms with van der Waals surface area (Å²) in [6.45, 7) is 7.71. The Labute approximate surface area is 200 Å². The molecule has 3 rings (SSSR count). The number of aromatic nitrogens is 3. The number of H-pyrrole nitrogens is 1. The van der Waals surface area contributed by atoms with Gasteiger partial charge >= 0.3 is 0 Å². The van der Waals surface area contributed by atoms with E-state index in [0.717, 1.165) is 19.6 Å². The standard InChI is InChI=1S/C22H23Cl2FN6O2/c1-3-31(4-2)8-7-26-22-28-11-14(12-29-22)30-21(33)17-9-13(10-27-17)20(32)18-15(23)5-6-16(24)19(18)25/h5-6,9-12,27H,3-4,7-8H2,1-2H3,(H,30,33)(H,26,28,29). The molecule has 0 bridgehead atoms. The maximum Gasteiger partial charge on any atom is 0.272 e. The Balaban J connectivity index is 1.62. The number of aromatic amines is 1. The van der Waals surface area contributed by atoms with Gasteiger partial charge in [0.1, 0.15) is 5.69 Å². The lowest BCUT2D eigenvalue weighted by atomic mass is 10.0. The number of ketones is 1. The number of carbonyl (C=O) groups excluding carboxylic acids is 2. The monoisotopic (exact) mass is 492 g/mol. The number of amides is 1. The molecule has 0 aliphatic heterocycles. The SMILES string of the molecule is CCN(CC)CCNc1ncc(NC(=O)c2cc(C(=O)c3c(Cl)ccc(Cl)c3F)c[nH]2)cn1.